The number of aliphatic hydroxyl groups is 10. The smallest absolute Gasteiger partial charge is 0.331 e. The molecular formula is C48H56O25. The van der Waals surface area contributed by atoms with Crippen molar-refractivity contribution in [2.75, 3.05) is 6.61 Å². The maximum Gasteiger partial charge on any atom is 0.331 e. The van der Waals surface area contributed by atoms with E-state index in [9.17, 15) is 76.0 Å². The van der Waals surface area contributed by atoms with E-state index in [4.69, 9.17) is 47.0 Å². The second kappa shape index (κ2) is 22.1. The van der Waals surface area contributed by atoms with E-state index in [1.807, 2.05) is 0 Å². The van der Waals surface area contributed by atoms with Crippen molar-refractivity contribution < 1.29 is 118 Å². The number of carbonyl (C=O) groups is 1. The second-order valence-electron chi connectivity index (χ2n) is 18.0. The van der Waals surface area contributed by atoms with Gasteiger partial charge in [0.15, 0.2) is 30.5 Å². The van der Waals surface area contributed by atoms with Crippen LogP contribution in [0.15, 0.2) is 76.0 Å². The standard InChI is InChI=1S/C48H56O25/c1-17-30(53)34(57)37(60)45(65-17)64-16-27-42(71-28(52)13-6-20-4-9-22(49)10-5-20)40(63)44(73-47-39(62)36(59)32(55)19(3)67-47)48(70-27)72-43-33(56)29-25(51)14-24(68-46-38(61)35(58)31(54)18(2)66-46)15-26(29)69-41(43)21-7-11-23(50)12-8-21/h4-15,17-19,27,30-32,34-40,42,44-51,53-55,57-63H,16H2,1-3H3/b13-6+/t17-,18-,19-,27+,30-,31-,32-,34+,35+,36+,37+,38+,39+,40-,42-,44+,45+,46-,47-,48-/m0/s1. The molecule has 25 nitrogen and oxygen atoms in total. The monoisotopic (exact) mass is 1030 g/mol. The summed E-state index contributed by atoms with van der Waals surface area (Å²) in [6, 6.07) is 12.8. The summed E-state index contributed by atoms with van der Waals surface area (Å²) in [5, 5.41) is 138. The molecule has 0 aliphatic carbocycles. The number of phenolic OH excluding ortho intramolecular Hbond substituents is 3. The van der Waals surface area contributed by atoms with Crippen LogP contribution in [-0.2, 0) is 38.0 Å². The number of fused-ring (bicyclic) bond motifs is 1. The first kappa shape index (κ1) is 53.7. The molecule has 8 rings (SSSR count). The van der Waals surface area contributed by atoms with Gasteiger partial charge in [0.2, 0.25) is 23.8 Å². The molecule has 0 amide bonds. The normalized spacial score (nSPS) is 37.0. The van der Waals surface area contributed by atoms with Crippen LogP contribution < -0.4 is 14.9 Å². The molecule has 4 aliphatic rings. The third-order valence-electron chi connectivity index (χ3n) is 12.8. The van der Waals surface area contributed by atoms with Crippen LogP contribution in [-0.4, -0.2) is 202 Å². The molecule has 0 spiro atoms. The number of carbonyl (C=O) groups excluding carboxylic acids is 1. The van der Waals surface area contributed by atoms with E-state index in [0.29, 0.717) is 5.56 Å². The fourth-order valence-corrected chi connectivity index (χ4v) is 8.56. The Balaban J connectivity index is 1.20. The highest BCUT2D eigenvalue weighted by atomic mass is 16.8. The highest BCUT2D eigenvalue weighted by Crippen LogP contribution is 2.40. The second-order valence-corrected chi connectivity index (χ2v) is 18.0. The van der Waals surface area contributed by atoms with Crippen molar-refractivity contribution in [2.45, 2.75) is 144 Å². The summed E-state index contributed by atoms with van der Waals surface area (Å²) < 4.78 is 59.0. The van der Waals surface area contributed by atoms with Gasteiger partial charge in [0.25, 0.3) is 0 Å². The molecule has 0 radical (unpaired) electrons. The summed E-state index contributed by atoms with van der Waals surface area (Å²) >= 11 is 0. The zero-order valence-corrected chi connectivity index (χ0v) is 38.9. The molecular weight excluding hydrogens is 977 g/mol. The third-order valence-corrected chi connectivity index (χ3v) is 12.8. The van der Waals surface area contributed by atoms with Crippen molar-refractivity contribution in [3.05, 3.63) is 82.5 Å². The topological polar surface area (TPSA) is 393 Å². The molecule has 73 heavy (non-hydrogen) atoms. The third kappa shape index (κ3) is 11.3. The van der Waals surface area contributed by atoms with Gasteiger partial charge in [-0.05, 0) is 68.8 Å². The summed E-state index contributed by atoms with van der Waals surface area (Å²) in [6.07, 6.45) is -31.8. The molecule has 4 fully saturated rings. The maximum atomic E-state index is 14.8. The molecule has 4 saturated heterocycles. The van der Waals surface area contributed by atoms with Gasteiger partial charge in [-0.3, -0.25) is 4.79 Å². The van der Waals surface area contributed by atoms with Gasteiger partial charge in [0.05, 0.1) is 24.9 Å². The largest absolute Gasteiger partial charge is 0.508 e. The molecule has 4 aliphatic heterocycles. The van der Waals surface area contributed by atoms with Crippen LogP contribution in [0.1, 0.15) is 26.3 Å². The van der Waals surface area contributed by atoms with Crippen molar-refractivity contribution in [1.29, 1.82) is 0 Å². The van der Waals surface area contributed by atoms with Crippen LogP contribution >= 0.6 is 0 Å². The average molecular weight is 1030 g/mol. The first-order chi connectivity index (χ1) is 34.6. The number of aromatic hydroxyl groups is 3. The minimum Gasteiger partial charge on any atom is -0.508 e. The van der Waals surface area contributed by atoms with Crippen LogP contribution in [0.4, 0.5) is 0 Å². The van der Waals surface area contributed by atoms with E-state index < -0.39 is 163 Å². The van der Waals surface area contributed by atoms with Gasteiger partial charge in [-0.25, -0.2) is 4.79 Å². The number of phenols is 3. The van der Waals surface area contributed by atoms with Gasteiger partial charge < -0.3 is 113 Å². The number of hydrogen-bond donors (Lipinski definition) is 13. The first-order valence-electron chi connectivity index (χ1n) is 23.0. The summed E-state index contributed by atoms with van der Waals surface area (Å²) in [7, 11) is 0. The Morgan fingerprint density at radius 2 is 1.12 bits per heavy atom. The number of benzene rings is 3. The highest BCUT2D eigenvalue weighted by Gasteiger charge is 2.54. The van der Waals surface area contributed by atoms with Gasteiger partial charge in [-0.1, -0.05) is 12.1 Å². The molecule has 3 aromatic carbocycles. The lowest BCUT2D eigenvalue weighted by Gasteiger charge is -2.47. The Bertz CT molecular complexity index is 2620. The van der Waals surface area contributed by atoms with Crippen molar-refractivity contribution in [3.8, 4) is 40.1 Å². The molecule has 1 aromatic heterocycles. The molecule has 25 heteroatoms. The highest BCUT2D eigenvalue weighted by molar-refractivity contribution is 5.88. The lowest BCUT2D eigenvalue weighted by atomic mass is 9.97. The van der Waals surface area contributed by atoms with Gasteiger partial charge in [0.1, 0.15) is 101 Å². The summed E-state index contributed by atoms with van der Waals surface area (Å²) in [5.41, 5.74) is -1.04. The zero-order valence-electron chi connectivity index (χ0n) is 38.9. The van der Waals surface area contributed by atoms with Gasteiger partial charge >= 0.3 is 5.97 Å². The van der Waals surface area contributed by atoms with Crippen molar-refractivity contribution in [2.24, 2.45) is 0 Å². The average Bonchev–Trinajstić information content (AvgIpc) is 3.36. The molecule has 0 unspecified atom stereocenters. The molecule has 4 aromatic rings. The van der Waals surface area contributed by atoms with E-state index >= 15 is 0 Å². The van der Waals surface area contributed by atoms with E-state index in [2.05, 4.69) is 0 Å². The van der Waals surface area contributed by atoms with Crippen LogP contribution in [0.25, 0.3) is 28.4 Å². The number of aliphatic hydroxyl groups excluding tert-OH is 10. The number of hydrogen-bond acceptors (Lipinski definition) is 25. The SMILES string of the molecule is C[C@@H]1O[C@@H](OC[C@H]2O[C@@H](Oc3c(-c4ccc(O)cc4)oc4cc(O[C@@H]5O[C@@H](C)[C@H](O)[C@@H](O)[C@H]5O)cc(O)c4c3=O)[C@H](O[C@@H]3O[C@@H](C)[C@H](O)[C@@H](O)[C@H]3O)[C@@H](O)[C@H]2OC(=O)/C=C/c2ccc(O)cc2)[C@H](O)[C@H](O)[C@H]1O. The molecule has 0 bridgehead atoms. The Labute approximate surface area is 413 Å². The van der Waals surface area contributed by atoms with Crippen molar-refractivity contribution in [1.82, 2.24) is 0 Å². The fraction of sp³-hybridized carbons (Fsp3) is 0.500. The van der Waals surface area contributed by atoms with E-state index in [-0.39, 0.29) is 28.4 Å². The first-order valence-corrected chi connectivity index (χ1v) is 23.0. The Morgan fingerprint density at radius 1 is 0.589 bits per heavy atom. The molecule has 0 saturated carbocycles. The van der Waals surface area contributed by atoms with Crippen LogP contribution in [0, 0.1) is 0 Å². The van der Waals surface area contributed by atoms with Gasteiger partial charge in [0, 0.05) is 23.8 Å². The molecule has 5 heterocycles. The summed E-state index contributed by atoms with van der Waals surface area (Å²) in [6.45, 7) is 3.34. The van der Waals surface area contributed by atoms with E-state index in [0.717, 1.165) is 18.2 Å². The van der Waals surface area contributed by atoms with Crippen molar-refractivity contribution in [3.63, 3.8) is 0 Å². The van der Waals surface area contributed by atoms with Gasteiger partial charge in [-0.15, -0.1) is 0 Å². The predicted molar refractivity (Wildman–Crippen MR) is 242 cm³/mol. The molecule has 13 N–H and O–H groups in total. The van der Waals surface area contributed by atoms with E-state index in [1.165, 1.54) is 75.4 Å². The summed E-state index contributed by atoms with van der Waals surface area (Å²) in [5.74, 6) is -3.66. The number of ether oxygens (including phenoxy) is 9. The minimum atomic E-state index is -2.16. The Morgan fingerprint density at radius 3 is 1.73 bits per heavy atom. The van der Waals surface area contributed by atoms with Crippen molar-refractivity contribution >= 4 is 23.0 Å². The Hall–Kier alpha value is -5.56. The molecule has 20 atom stereocenters. The van der Waals surface area contributed by atoms with Gasteiger partial charge in [-0.2, -0.15) is 0 Å². The zero-order chi connectivity index (χ0) is 52.7. The predicted octanol–water partition coefficient (Wildman–Crippen LogP) is -2.07. The van der Waals surface area contributed by atoms with Crippen LogP contribution in [0.2, 0.25) is 0 Å². The van der Waals surface area contributed by atoms with Crippen LogP contribution in [0.5, 0.6) is 28.7 Å². The number of rotatable bonds is 13. The lowest BCUT2D eigenvalue weighted by molar-refractivity contribution is -0.360. The maximum absolute atomic E-state index is 14.8. The number of esters is 1. The minimum absolute atomic E-state index is 0.0331. The fourth-order valence-electron chi connectivity index (χ4n) is 8.56. The quantitative estimate of drug-likeness (QED) is 0.0505. The molecule has 398 valence electrons. The summed E-state index contributed by atoms with van der Waals surface area (Å²) in [4.78, 5) is 28.4. The lowest BCUT2D eigenvalue weighted by Crippen LogP contribution is -2.65. The Kier molecular flexibility index (Phi) is 16.3. The van der Waals surface area contributed by atoms with E-state index in [1.54, 1.807) is 0 Å². The van der Waals surface area contributed by atoms with Crippen LogP contribution in [0.3, 0.4) is 0 Å².